The van der Waals surface area contributed by atoms with Gasteiger partial charge < -0.3 is 14.9 Å². The molecule has 2 aliphatic heterocycles. The smallest absolute Gasteiger partial charge is 0.227 e. The van der Waals surface area contributed by atoms with Gasteiger partial charge in [0.05, 0.1) is 11.5 Å². The molecule has 4 rings (SSSR count). The number of likely N-dealkylation sites (tertiary alicyclic amines) is 2. The topological polar surface area (TPSA) is 43.8 Å². The number of halogens is 2. The van der Waals surface area contributed by atoms with Gasteiger partial charge in [-0.25, -0.2) is 8.78 Å². The number of nitrogens with zero attached hydrogens (tertiary/aromatic N) is 2. The van der Waals surface area contributed by atoms with E-state index in [0.29, 0.717) is 37.7 Å². The van der Waals surface area contributed by atoms with E-state index in [1.165, 1.54) is 31.4 Å². The SMILES string of the molecule is CCN1C[C@H](c2ccc(F)cc2F)[C@H](C(=O)N2C[C@@H](C)C(O)(C3CCCCC3)[C@@H](C)C2)C1. The molecule has 1 aromatic carbocycles. The highest BCUT2D eigenvalue weighted by molar-refractivity contribution is 5.81. The molecule has 32 heavy (non-hydrogen) atoms. The Morgan fingerprint density at radius 1 is 1.06 bits per heavy atom. The van der Waals surface area contributed by atoms with Crippen LogP contribution in [0.15, 0.2) is 18.2 Å². The molecule has 0 bridgehead atoms. The molecule has 0 radical (unpaired) electrons. The summed E-state index contributed by atoms with van der Waals surface area (Å²) in [7, 11) is 0. The number of amides is 1. The van der Waals surface area contributed by atoms with Gasteiger partial charge in [-0.1, -0.05) is 46.1 Å². The van der Waals surface area contributed by atoms with E-state index in [1.54, 1.807) is 0 Å². The van der Waals surface area contributed by atoms with E-state index >= 15 is 0 Å². The lowest BCUT2D eigenvalue weighted by Crippen LogP contribution is -2.62. The first kappa shape index (κ1) is 23.6. The molecule has 178 valence electrons. The second-order valence-corrected chi connectivity index (χ2v) is 10.5. The highest BCUT2D eigenvalue weighted by Gasteiger charge is 2.51. The van der Waals surface area contributed by atoms with Gasteiger partial charge in [-0.3, -0.25) is 4.79 Å². The fourth-order valence-corrected chi connectivity index (χ4v) is 6.81. The average molecular weight is 449 g/mol. The first-order chi connectivity index (χ1) is 15.3. The van der Waals surface area contributed by atoms with Crippen LogP contribution in [0.3, 0.4) is 0 Å². The van der Waals surface area contributed by atoms with Crippen LogP contribution >= 0.6 is 0 Å². The molecule has 1 aromatic rings. The van der Waals surface area contributed by atoms with Gasteiger partial charge in [0.1, 0.15) is 11.6 Å². The molecule has 3 aliphatic rings. The molecule has 6 heteroatoms. The molecule has 2 saturated heterocycles. The minimum Gasteiger partial charge on any atom is -0.389 e. The van der Waals surface area contributed by atoms with Crippen molar-refractivity contribution < 1.29 is 18.7 Å². The quantitative estimate of drug-likeness (QED) is 0.741. The zero-order chi connectivity index (χ0) is 23.0. The van der Waals surface area contributed by atoms with Crippen LogP contribution in [0.1, 0.15) is 64.4 Å². The molecule has 0 spiro atoms. The van der Waals surface area contributed by atoms with E-state index in [9.17, 15) is 18.7 Å². The maximum atomic E-state index is 14.6. The third kappa shape index (κ3) is 4.21. The zero-order valence-electron chi connectivity index (χ0n) is 19.7. The molecule has 5 atom stereocenters. The van der Waals surface area contributed by atoms with E-state index < -0.39 is 17.2 Å². The van der Waals surface area contributed by atoms with Crippen LogP contribution in [0.5, 0.6) is 0 Å². The van der Waals surface area contributed by atoms with Gasteiger partial charge in [0.2, 0.25) is 5.91 Å². The molecule has 1 aliphatic carbocycles. The van der Waals surface area contributed by atoms with E-state index in [2.05, 4.69) is 18.7 Å². The highest BCUT2D eigenvalue weighted by atomic mass is 19.1. The largest absolute Gasteiger partial charge is 0.389 e. The van der Waals surface area contributed by atoms with E-state index in [0.717, 1.165) is 25.5 Å². The van der Waals surface area contributed by atoms with Crippen LogP contribution in [0, 0.1) is 35.3 Å². The van der Waals surface area contributed by atoms with Gasteiger partial charge in [0, 0.05) is 50.0 Å². The summed E-state index contributed by atoms with van der Waals surface area (Å²) in [5.41, 5.74) is -0.303. The molecular weight excluding hydrogens is 410 g/mol. The van der Waals surface area contributed by atoms with Crippen LogP contribution < -0.4 is 0 Å². The Morgan fingerprint density at radius 3 is 2.31 bits per heavy atom. The lowest BCUT2D eigenvalue weighted by atomic mass is 9.63. The van der Waals surface area contributed by atoms with Crippen LogP contribution in [0.2, 0.25) is 0 Å². The predicted octanol–water partition coefficient (Wildman–Crippen LogP) is 4.43. The fraction of sp³-hybridized carbons (Fsp3) is 0.731. The summed E-state index contributed by atoms with van der Waals surface area (Å²) < 4.78 is 28.1. The summed E-state index contributed by atoms with van der Waals surface area (Å²) in [6.45, 7) is 9.25. The van der Waals surface area contributed by atoms with Crippen molar-refractivity contribution in [2.75, 3.05) is 32.7 Å². The Hall–Kier alpha value is -1.53. The Balaban J connectivity index is 1.53. The summed E-state index contributed by atoms with van der Waals surface area (Å²) in [6, 6.07) is 3.70. The van der Waals surface area contributed by atoms with Crippen LogP contribution in [-0.4, -0.2) is 59.1 Å². The van der Waals surface area contributed by atoms with Crippen molar-refractivity contribution in [1.82, 2.24) is 9.80 Å². The number of aliphatic hydroxyl groups is 1. The lowest BCUT2D eigenvalue weighted by molar-refractivity contribution is -0.166. The number of likely N-dealkylation sites (N-methyl/N-ethyl adjacent to an activating group) is 1. The molecule has 1 amide bonds. The maximum Gasteiger partial charge on any atom is 0.227 e. The standard InChI is InChI=1S/C26H38F2N2O2/c1-4-29-15-22(21-11-10-20(27)12-24(21)28)23(16-29)25(31)30-13-17(2)26(32,18(3)14-30)19-8-6-5-7-9-19/h10-12,17-19,22-23,32H,4-9,13-16H2,1-3H3/t17-,18+,22-,23-,26?/m1/s1. The van der Waals surface area contributed by atoms with Crippen molar-refractivity contribution in [2.45, 2.75) is 64.4 Å². The predicted molar refractivity (Wildman–Crippen MR) is 121 cm³/mol. The number of hydrogen-bond acceptors (Lipinski definition) is 3. The minimum atomic E-state index is -0.731. The summed E-state index contributed by atoms with van der Waals surface area (Å²) in [5.74, 6) is -1.45. The molecule has 1 saturated carbocycles. The summed E-state index contributed by atoms with van der Waals surface area (Å²) >= 11 is 0. The highest BCUT2D eigenvalue weighted by Crippen LogP contribution is 2.45. The van der Waals surface area contributed by atoms with Gasteiger partial charge in [0.15, 0.2) is 0 Å². The molecule has 3 fully saturated rings. The summed E-state index contributed by atoms with van der Waals surface area (Å²) in [4.78, 5) is 17.8. The number of hydrogen-bond donors (Lipinski definition) is 1. The third-order valence-corrected chi connectivity index (χ3v) is 8.66. The molecule has 4 nitrogen and oxygen atoms in total. The second kappa shape index (κ2) is 9.38. The number of carbonyl (C=O) groups is 1. The second-order valence-electron chi connectivity index (χ2n) is 10.5. The number of benzene rings is 1. The van der Waals surface area contributed by atoms with Crippen molar-refractivity contribution in [3.05, 3.63) is 35.4 Å². The van der Waals surface area contributed by atoms with Crippen LogP contribution in [-0.2, 0) is 4.79 Å². The first-order valence-electron chi connectivity index (χ1n) is 12.4. The van der Waals surface area contributed by atoms with Crippen molar-refractivity contribution in [2.24, 2.45) is 23.7 Å². The minimum absolute atomic E-state index is 0.00277. The number of rotatable bonds is 4. The summed E-state index contributed by atoms with van der Waals surface area (Å²) in [5, 5.41) is 11.7. The fourth-order valence-electron chi connectivity index (χ4n) is 6.81. The number of carbonyl (C=O) groups excluding carboxylic acids is 1. The van der Waals surface area contributed by atoms with Gasteiger partial charge >= 0.3 is 0 Å². The maximum absolute atomic E-state index is 14.6. The van der Waals surface area contributed by atoms with Gasteiger partial charge in [-0.15, -0.1) is 0 Å². The lowest BCUT2D eigenvalue weighted by Gasteiger charge is -2.53. The summed E-state index contributed by atoms with van der Waals surface area (Å²) in [6.07, 6.45) is 5.74. The van der Waals surface area contributed by atoms with E-state index in [4.69, 9.17) is 0 Å². The molecule has 2 heterocycles. The van der Waals surface area contributed by atoms with E-state index in [1.807, 2.05) is 11.8 Å². The monoisotopic (exact) mass is 448 g/mol. The van der Waals surface area contributed by atoms with Crippen LogP contribution in [0.25, 0.3) is 0 Å². The van der Waals surface area contributed by atoms with Gasteiger partial charge in [0.25, 0.3) is 0 Å². The molecule has 1 unspecified atom stereocenters. The molecular formula is C26H38F2N2O2. The Labute approximate surface area is 191 Å². The Kier molecular flexibility index (Phi) is 6.92. The van der Waals surface area contributed by atoms with E-state index in [-0.39, 0.29) is 29.6 Å². The van der Waals surface area contributed by atoms with Crippen molar-refractivity contribution >= 4 is 5.91 Å². The normalized spacial score (nSPS) is 34.8. The van der Waals surface area contributed by atoms with Crippen LogP contribution in [0.4, 0.5) is 8.78 Å². The van der Waals surface area contributed by atoms with Crippen molar-refractivity contribution in [3.8, 4) is 0 Å². The van der Waals surface area contributed by atoms with Gasteiger partial charge in [-0.05, 0) is 36.9 Å². The molecule has 0 aromatic heterocycles. The average Bonchev–Trinajstić information content (AvgIpc) is 3.21. The number of piperidine rings is 1. The molecule has 1 N–H and O–H groups in total. The Bertz CT molecular complexity index is 814. The van der Waals surface area contributed by atoms with Crippen molar-refractivity contribution in [3.63, 3.8) is 0 Å². The van der Waals surface area contributed by atoms with Gasteiger partial charge in [-0.2, -0.15) is 0 Å². The Morgan fingerprint density at radius 2 is 1.72 bits per heavy atom. The first-order valence-corrected chi connectivity index (χ1v) is 12.4. The van der Waals surface area contributed by atoms with Crippen molar-refractivity contribution in [1.29, 1.82) is 0 Å². The zero-order valence-corrected chi connectivity index (χ0v) is 19.7. The third-order valence-electron chi connectivity index (χ3n) is 8.66.